The SMILES string of the molecule is COc1ccc(C(=O)CS(=O)(=O)c2nnc(C)s2)cc1. The van der Waals surface area contributed by atoms with Crippen molar-refractivity contribution >= 4 is 27.0 Å². The molecule has 0 amide bonds. The number of carbonyl (C=O) groups is 1. The van der Waals surface area contributed by atoms with Crippen molar-refractivity contribution < 1.29 is 17.9 Å². The first-order valence-electron chi connectivity index (χ1n) is 5.62. The van der Waals surface area contributed by atoms with E-state index in [2.05, 4.69) is 10.2 Å². The molecular weight excluding hydrogens is 300 g/mol. The van der Waals surface area contributed by atoms with Gasteiger partial charge in [0.25, 0.3) is 0 Å². The van der Waals surface area contributed by atoms with Gasteiger partial charge in [-0.25, -0.2) is 8.42 Å². The number of aromatic nitrogens is 2. The molecular formula is C12H12N2O4S2. The zero-order valence-electron chi connectivity index (χ0n) is 10.9. The highest BCUT2D eigenvalue weighted by Gasteiger charge is 2.24. The molecule has 1 aromatic carbocycles. The largest absolute Gasteiger partial charge is 0.497 e. The third-order valence-electron chi connectivity index (χ3n) is 2.51. The Morgan fingerprint density at radius 1 is 1.25 bits per heavy atom. The number of nitrogens with zero attached hydrogens (tertiary/aromatic N) is 2. The van der Waals surface area contributed by atoms with Gasteiger partial charge < -0.3 is 4.74 Å². The molecule has 0 aliphatic carbocycles. The van der Waals surface area contributed by atoms with Gasteiger partial charge in [0.15, 0.2) is 5.78 Å². The molecule has 0 saturated heterocycles. The summed E-state index contributed by atoms with van der Waals surface area (Å²) in [5.74, 6) is -0.502. The summed E-state index contributed by atoms with van der Waals surface area (Å²) in [6.45, 7) is 1.65. The fourth-order valence-corrected chi connectivity index (χ4v) is 3.76. The number of carbonyl (C=O) groups excluding carboxylic acids is 1. The lowest BCUT2D eigenvalue weighted by atomic mass is 10.1. The Hall–Kier alpha value is -1.80. The van der Waals surface area contributed by atoms with Crippen molar-refractivity contribution in [1.29, 1.82) is 0 Å². The minimum absolute atomic E-state index is 0.128. The van der Waals surface area contributed by atoms with Crippen LogP contribution in [0.1, 0.15) is 15.4 Å². The van der Waals surface area contributed by atoms with E-state index in [1.165, 1.54) is 19.2 Å². The van der Waals surface area contributed by atoms with Crippen molar-refractivity contribution in [2.75, 3.05) is 12.9 Å². The number of Topliss-reactive ketones (excluding diaryl/α,β-unsaturated/α-hetero) is 1. The molecule has 1 heterocycles. The zero-order valence-corrected chi connectivity index (χ0v) is 12.5. The molecule has 0 radical (unpaired) electrons. The average molecular weight is 312 g/mol. The standard InChI is InChI=1S/C12H12N2O4S2/c1-8-13-14-12(19-8)20(16,17)7-11(15)9-3-5-10(18-2)6-4-9/h3-6H,7H2,1-2H3. The van der Waals surface area contributed by atoms with E-state index in [1.807, 2.05) is 0 Å². The fourth-order valence-electron chi connectivity index (χ4n) is 1.50. The van der Waals surface area contributed by atoms with Gasteiger partial charge in [0, 0.05) is 5.56 Å². The number of aryl methyl sites for hydroxylation is 1. The quantitative estimate of drug-likeness (QED) is 0.778. The van der Waals surface area contributed by atoms with Crippen molar-refractivity contribution in [2.24, 2.45) is 0 Å². The second-order valence-electron chi connectivity index (χ2n) is 4.00. The minimum atomic E-state index is -3.74. The van der Waals surface area contributed by atoms with Crippen LogP contribution in [0.25, 0.3) is 0 Å². The summed E-state index contributed by atoms with van der Waals surface area (Å²) in [6, 6.07) is 6.27. The first-order valence-corrected chi connectivity index (χ1v) is 8.09. The normalized spacial score (nSPS) is 11.3. The van der Waals surface area contributed by atoms with Gasteiger partial charge in [0.05, 0.1) is 7.11 Å². The van der Waals surface area contributed by atoms with E-state index in [0.29, 0.717) is 16.3 Å². The third kappa shape index (κ3) is 3.20. The van der Waals surface area contributed by atoms with Gasteiger partial charge in [-0.05, 0) is 31.2 Å². The first-order chi connectivity index (χ1) is 9.42. The van der Waals surface area contributed by atoms with Crippen LogP contribution in [0, 0.1) is 6.92 Å². The van der Waals surface area contributed by atoms with Crippen molar-refractivity contribution in [2.45, 2.75) is 11.3 Å². The zero-order chi connectivity index (χ0) is 14.8. The van der Waals surface area contributed by atoms with Crippen molar-refractivity contribution in [3.63, 3.8) is 0 Å². The van der Waals surface area contributed by atoms with Crippen LogP contribution in [0.5, 0.6) is 5.75 Å². The van der Waals surface area contributed by atoms with E-state index >= 15 is 0 Å². The van der Waals surface area contributed by atoms with Gasteiger partial charge >= 0.3 is 0 Å². The number of sulfone groups is 1. The van der Waals surface area contributed by atoms with Crippen LogP contribution in [0.2, 0.25) is 0 Å². The molecule has 0 unspecified atom stereocenters. The molecule has 2 aromatic rings. The highest BCUT2D eigenvalue weighted by Crippen LogP contribution is 2.18. The van der Waals surface area contributed by atoms with Crippen molar-refractivity contribution in [1.82, 2.24) is 10.2 Å². The molecule has 6 nitrogen and oxygen atoms in total. The molecule has 0 spiro atoms. The Morgan fingerprint density at radius 2 is 1.90 bits per heavy atom. The highest BCUT2D eigenvalue weighted by atomic mass is 32.2. The molecule has 8 heteroatoms. The highest BCUT2D eigenvalue weighted by molar-refractivity contribution is 7.94. The molecule has 0 bridgehead atoms. The number of ether oxygens (including phenoxy) is 1. The van der Waals surface area contributed by atoms with Crippen molar-refractivity contribution in [3.8, 4) is 5.75 Å². The molecule has 0 aliphatic heterocycles. The van der Waals surface area contributed by atoms with E-state index < -0.39 is 21.4 Å². The Balaban J connectivity index is 2.18. The summed E-state index contributed by atoms with van der Waals surface area (Å²) in [7, 11) is -2.23. The summed E-state index contributed by atoms with van der Waals surface area (Å²) in [5, 5.41) is 7.76. The third-order valence-corrected chi connectivity index (χ3v) is 5.41. The summed E-state index contributed by atoms with van der Waals surface area (Å²) in [5.41, 5.74) is 0.315. The summed E-state index contributed by atoms with van der Waals surface area (Å²) in [4.78, 5) is 12.0. The van der Waals surface area contributed by atoms with E-state index in [1.54, 1.807) is 19.1 Å². The van der Waals surface area contributed by atoms with Crippen LogP contribution >= 0.6 is 11.3 Å². The number of methoxy groups -OCH3 is 1. The summed E-state index contributed by atoms with van der Waals surface area (Å²) >= 11 is 0.956. The lowest BCUT2D eigenvalue weighted by Gasteiger charge is -2.02. The van der Waals surface area contributed by atoms with Crippen LogP contribution in [0.3, 0.4) is 0 Å². The smallest absolute Gasteiger partial charge is 0.233 e. The van der Waals surface area contributed by atoms with E-state index in [9.17, 15) is 13.2 Å². The predicted octanol–water partition coefficient (Wildman–Crippen LogP) is 1.51. The Bertz CT molecular complexity index is 720. The average Bonchev–Trinajstić information content (AvgIpc) is 2.86. The lowest BCUT2D eigenvalue weighted by molar-refractivity contribution is 0.102. The maximum Gasteiger partial charge on any atom is 0.233 e. The van der Waals surface area contributed by atoms with E-state index in [0.717, 1.165) is 11.3 Å². The topological polar surface area (TPSA) is 86.2 Å². The second-order valence-corrected chi connectivity index (χ2v) is 7.34. The second kappa shape index (κ2) is 5.68. The van der Waals surface area contributed by atoms with E-state index in [4.69, 9.17) is 4.74 Å². The number of hydrogen-bond donors (Lipinski definition) is 0. The van der Waals surface area contributed by atoms with Crippen molar-refractivity contribution in [3.05, 3.63) is 34.8 Å². The van der Waals surface area contributed by atoms with Gasteiger partial charge in [0.1, 0.15) is 16.5 Å². The Kier molecular flexibility index (Phi) is 4.15. The molecule has 106 valence electrons. The molecule has 0 fully saturated rings. The Labute approximate surface area is 120 Å². The molecule has 1 aromatic heterocycles. The van der Waals surface area contributed by atoms with Gasteiger partial charge in [-0.1, -0.05) is 11.3 Å². The first kappa shape index (κ1) is 14.6. The maximum absolute atomic E-state index is 12.0. The molecule has 2 rings (SSSR count). The molecule has 0 N–H and O–H groups in total. The number of benzene rings is 1. The molecule has 0 aliphatic rings. The van der Waals surface area contributed by atoms with Crippen LogP contribution in [0.4, 0.5) is 0 Å². The molecule has 0 atom stereocenters. The monoisotopic (exact) mass is 312 g/mol. The van der Waals surface area contributed by atoms with Crippen LogP contribution in [-0.2, 0) is 9.84 Å². The number of hydrogen-bond acceptors (Lipinski definition) is 7. The number of rotatable bonds is 5. The fraction of sp³-hybridized carbons (Fsp3) is 0.250. The lowest BCUT2D eigenvalue weighted by Crippen LogP contribution is -2.16. The summed E-state index contributed by atoms with van der Waals surface area (Å²) < 4.78 is 28.9. The van der Waals surface area contributed by atoms with Crippen LogP contribution in [-0.4, -0.2) is 37.3 Å². The van der Waals surface area contributed by atoms with E-state index in [-0.39, 0.29) is 4.34 Å². The van der Waals surface area contributed by atoms with Gasteiger partial charge in [-0.15, -0.1) is 10.2 Å². The minimum Gasteiger partial charge on any atom is -0.497 e. The number of ketones is 1. The molecule has 20 heavy (non-hydrogen) atoms. The van der Waals surface area contributed by atoms with Gasteiger partial charge in [-0.2, -0.15) is 0 Å². The van der Waals surface area contributed by atoms with Gasteiger partial charge in [-0.3, -0.25) is 4.79 Å². The Morgan fingerprint density at radius 3 is 2.40 bits per heavy atom. The van der Waals surface area contributed by atoms with Gasteiger partial charge in [0.2, 0.25) is 14.2 Å². The maximum atomic E-state index is 12.0. The summed E-state index contributed by atoms with van der Waals surface area (Å²) in [6.07, 6.45) is 0. The molecule has 0 saturated carbocycles. The van der Waals surface area contributed by atoms with Crippen LogP contribution < -0.4 is 4.74 Å². The van der Waals surface area contributed by atoms with Crippen LogP contribution in [0.15, 0.2) is 28.6 Å². The predicted molar refractivity (Wildman–Crippen MR) is 74.0 cm³/mol.